The number of carbonyl (C=O) groups is 3. The first-order valence-electron chi connectivity index (χ1n) is 7.75. The number of hydrogen-bond acceptors (Lipinski definition) is 5. The van der Waals surface area contributed by atoms with Gasteiger partial charge in [0, 0.05) is 31.9 Å². The molecule has 1 N–H and O–H groups in total. The number of nitrogens with zero attached hydrogens (tertiary/aromatic N) is 1. The van der Waals surface area contributed by atoms with Crippen molar-refractivity contribution in [3.63, 3.8) is 0 Å². The highest BCUT2D eigenvalue weighted by atomic mass is 16.5. The number of hydrogen-bond donors (Lipinski definition) is 1. The van der Waals surface area contributed by atoms with Crippen molar-refractivity contribution in [2.45, 2.75) is 6.54 Å². The maximum Gasteiger partial charge on any atom is 0.338 e. The molecule has 0 aliphatic rings. The first-order chi connectivity index (χ1) is 12.0. The summed E-state index contributed by atoms with van der Waals surface area (Å²) in [4.78, 5) is 36.2. The highest BCUT2D eigenvalue weighted by Gasteiger charge is 2.10. The van der Waals surface area contributed by atoms with Crippen LogP contribution in [0.4, 0.5) is 5.69 Å². The molecule has 0 heterocycles. The predicted octanol–water partition coefficient (Wildman–Crippen LogP) is 2.04. The third-order valence-electron chi connectivity index (χ3n) is 3.56. The molecule has 0 saturated carbocycles. The molecule has 6 nitrogen and oxygen atoms in total. The summed E-state index contributed by atoms with van der Waals surface area (Å²) in [6, 6.07) is 13.8. The zero-order chi connectivity index (χ0) is 18.2. The van der Waals surface area contributed by atoms with E-state index in [0.717, 1.165) is 11.3 Å². The van der Waals surface area contributed by atoms with E-state index in [1.807, 2.05) is 43.3 Å². The number of aldehydes is 1. The maximum absolute atomic E-state index is 11.8. The molecule has 2 rings (SSSR count). The summed E-state index contributed by atoms with van der Waals surface area (Å²) in [5, 5.41) is 2.70. The van der Waals surface area contributed by atoms with Crippen molar-refractivity contribution in [1.29, 1.82) is 0 Å². The van der Waals surface area contributed by atoms with Gasteiger partial charge in [-0.2, -0.15) is 0 Å². The van der Waals surface area contributed by atoms with Crippen LogP contribution in [0, 0.1) is 0 Å². The third kappa shape index (κ3) is 5.46. The van der Waals surface area contributed by atoms with Gasteiger partial charge >= 0.3 is 5.97 Å². The van der Waals surface area contributed by atoms with E-state index in [-0.39, 0.29) is 18.1 Å². The average molecular weight is 340 g/mol. The summed E-state index contributed by atoms with van der Waals surface area (Å²) < 4.78 is 4.96. The van der Waals surface area contributed by atoms with Gasteiger partial charge in [0.15, 0.2) is 6.61 Å². The molecule has 25 heavy (non-hydrogen) atoms. The summed E-state index contributed by atoms with van der Waals surface area (Å²) in [5.74, 6) is -0.988. The van der Waals surface area contributed by atoms with Crippen molar-refractivity contribution in [3.8, 4) is 0 Å². The molecule has 0 aliphatic heterocycles. The Balaban J connectivity index is 1.77. The van der Waals surface area contributed by atoms with Crippen molar-refractivity contribution in [1.82, 2.24) is 5.32 Å². The largest absolute Gasteiger partial charge is 0.452 e. The molecule has 2 aromatic carbocycles. The first kappa shape index (κ1) is 18.2. The average Bonchev–Trinajstić information content (AvgIpc) is 2.64. The Bertz CT molecular complexity index is 737. The smallest absolute Gasteiger partial charge is 0.338 e. The van der Waals surface area contributed by atoms with Gasteiger partial charge in [-0.15, -0.1) is 0 Å². The van der Waals surface area contributed by atoms with Crippen molar-refractivity contribution < 1.29 is 19.1 Å². The SMILES string of the molecule is CN(C)c1ccc(CNC(=O)COC(=O)c2ccc(C=O)cc2)cc1. The topological polar surface area (TPSA) is 75.7 Å². The molecule has 0 atom stereocenters. The van der Waals surface area contributed by atoms with Crippen LogP contribution in [0.3, 0.4) is 0 Å². The van der Waals surface area contributed by atoms with Crippen LogP contribution < -0.4 is 10.2 Å². The van der Waals surface area contributed by atoms with Gasteiger partial charge in [-0.1, -0.05) is 24.3 Å². The molecule has 0 radical (unpaired) electrons. The van der Waals surface area contributed by atoms with Crippen LogP contribution >= 0.6 is 0 Å². The maximum atomic E-state index is 11.8. The zero-order valence-electron chi connectivity index (χ0n) is 14.2. The van der Waals surface area contributed by atoms with Crippen LogP contribution in [0.15, 0.2) is 48.5 Å². The number of nitrogens with one attached hydrogen (secondary N) is 1. The Morgan fingerprint density at radius 3 is 2.24 bits per heavy atom. The summed E-state index contributed by atoms with van der Waals surface area (Å²) in [7, 11) is 3.91. The molecule has 0 aromatic heterocycles. The lowest BCUT2D eigenvalue weighted by Crippen LogP contribution is -2.28. The number of benzene rings is 2. The van der Waals surface area contributed by atoms with Gasteiger partial charge < -0.3 is 15.0 Å². The van der Waals surface area contributed by atoms with Gasteiger partial charge in [-0.05, 0) is 29.8 Å². The molecule has 0 aliphatic carbocycles. The van der Waals surface area contributed by atoms with Gasteiger partial charge in [-0.25, -0.2) is 4.79 Å². The van der Waals surface area contributed by atoms with Crippen molar-refractivity contribution >= 4 is 23.9 Å². The molecule has 0 fully saturated rings. The monoisotopic (exact) mass is 340 g/mol. The number of ether oxygens (including phenoxy) is 1. The van der Waals surface area contributed by atoms with E-state index in [4.69, 9.17) is 4.74 Å². The quantitative estimate of drug-likeness (QED) is 0.617. The Kier molecular flexibility index (Phi) is 6.28. The molecular weight excluding hydrogens is 320 g/mol. The molecule has 2 aromatic rings. The van der Waals surface area contributed by atoms with Crippen molar-refractivity contribution in [2.75, 3.05) is 25.6 Å². The van der Waals surface area contributed by atoms with E-state index in [1.54, 1.807) is 0 Å². The van der Waals surface area contributed by atoms with E-state index in [1.165, 1.54) is 24.3 Å². The van der Waals surface area contributed by atoms with E-state index >= 15 is 0 Å². The molecule has 0 spiro atoms. The van der Waals surface area contributed by atoms with Gasteiger partial charge in [0.05, 0.1) is 5.56 Å². The number of amides is 1. The van der Waals surface area contributed by atoms with Crippen LogP contribution in [-0.2, 0) is 16.1 Å². The van der Waals surface area contributed by atoms with Gasteiger partial charge in [0.25, 0.3) is 5.91 Å². The fourth-order valence-corrected chi connectivity index (χ4v) is 2.08. The second-order valence-electron chi connectivity index (χ2n) is 5.65. The highest BCUT2D eigenvalue weighted by Crippen LogP contribution is 2.12. The van der Waals surface area contributed by atoms with E-state index in [9.17, 15) is 14.4 Å². The number of esters is 1. The van der Waals surface area contributed by atoms with Crippen LogP contribution in [0.25, 0.3) is 0 Å². The fourth-order valence-electron chi connectivity index (χ4n) is 2.08. The van der Waals surface area contributed by atoms with Gasteiger partial charge in [0.1, 0.15) is 6.29 Å². The van der Waals surface area contributed by atoms with Crippen molar-refractivity contribution in [3.05, 3.63) is 65.2 Å². The van der Waals surface area contributed by atoms with E-state index < -0.39 is 5.97 Å². The third-order valence-corrected chi connectivity index (χ3v) is 3.56. The second kappa shape index (κ2) is 8.63. The highest BCUT2D eigenvalue weighted by molar-refractivity contribution is 5.92. The summed E-state index contributed by atoms with van der Waals surface area (Å²) >= 11 is 0. The van der Waals surface area contributed by atoms with Gasteiger partial charge in [-0.3, -0.25) is 9.59 Å². The van der Waals surface area contributed by atoms with E-state index in [0.29, 0.717) is 18.4 Å². The standard InChI is InChI=1S/C19H20N2O4/c1-21(2)17-9-5-14(6-10-17)11-20-18(23)13-25-19(24)16-7-3-15(12-22)4-8-16/h3-10,12H,11,13H2,1-2H3,(H,20,23). The number of carbonyl (C=O) groups excluding carboxylic acids is 3. The molecular formula is C19H20N2O4. The normalized spacial score (nSPS) is 10.0. The number of anilines is 1. The lowest BCUT2D eigenvalue weighted by molar-refractivity contribution is -0.124. The zero-order valence-corrected chi connectivity index (χ0v) is 14.2. The minimum atomic E-state index is -0.608. The van der Waals surface area contributed by atoms with Crippen molar-refractivity contribution in [2.24, 2.45) is 0 Å². The minimum absolute atomic E-state index is 0.290. The lowest BCUT2D eigenvalue weighted by Gasteiger charge is -2.13. The fraction of sp³-hybridized carbons (Fsp3) is 0.211. The Morgan fingerprint density at radius 1 is 1.04 bits per heavy atom. The molecule has 130 valence electrons. The molecule has 0 saturated heterocycles. The van der Waals surface area contributed by atoms with Crippen LogP contribution in [0.1, 0.15) is 26.3 Å². The summed E-state index contributed by atoms with van der Waals surface area (Å²) in [6.07, 6.45) is 0.688. The Labute approximate surface area is 146 Å². The van der Waals surface area contributed by atoms with E-state index in [2.05, 4.69) is 5.32 Å². The summed E-state index contributed by atoms with van der Waals surface area (Å²) in [5.41, 5.74) is 2.78. The Morgan fingerprint density at radius 2 is 1.68 bits per heavy atom. The van der Waals surface area contributed by atoms with Gasteiger partial charge in [0.2, 0.25) is 0 Å². The second-order valence-corrected chi connectivity index (χ2v) is 5.65. The Hall–Kier alpha value is -3.15. The van der Waals surface area contributed by atoms with Crippen LogP contribution in [0.2, 0.25) is 0 Å². The minimum Gasteiger partial charge on any atom is -0.452 e. The molecule has 1 amide bonds. The lowest BCUT2D eigenvalue weighted by atomic mass is 10.1. The van der Waals surface area contributed by atoms with Crippen LogP contribution in [-0.4, -0.2) is 38.9 Å². The molecule has 6 heteroatoms. The number of rotatable bonds is 7. The molecule has 0 unspecified atom stereocenters. The van der Waals surface area contributed by atoms with Crippen LogP contribution in [0.5, 0.6) is 0 Å². The summed E-state index contributed by atoms with van der Waals surface area (Å²) in [6.45, 7) is 0.00215. The first-order valence-corrected chi connectivity index (χ1v) is 7.75. The molecule has 0 bridgehead atoms. The predicted molar refractivity (Wildman–Crippen MR) is 94.7 cm³/mol.